The molecule has 0 aromatic carbocycles. The van der Waals surface area contributed by atoms with E-state index >= 15 is 0 Å². The molecule has 1 aromatic rings. The van der Waals surface area contributed by atoms with Gasteiger partial charge in [-0.15, -0.1) is 5.10 Å². The highest BCUT2D eigenvalue weighted by atomic mass is 16.4. The second-order valence-corrected chi connectivity index (χ2v) is 4.93. The number of aryl methyl sites for hydroxylation is 2. The number of nitrogens with one attached hydrogen (secondary N) is 1. The molecule has 6 nitrogen and oxygen atoms in total. The molecule has 0 spiro atoms. The van der Waals surface area contributed by atoms with Gasteiger partial charge in [-0.05, 0) is 32.1 Å². The molecule has 1 heterocycles. The van der Waals surface area contributed by atoms with Gasteiger partial charge in [0.05, 0.1) is 17.3 Å². The lowest BCUT2D eigenvalue weighted by Crippen LogP contribution is -2.20. The van der Waals surface area contributed by atoms with Crippen molar-refractivity contribution in [2.75, 3.05) is 5.32 Å². The van der Waals surface area contributed by atoms with Gasteiger partial charge in [-0.2, -0.15) is 5.10 Å². The van der Waals surface area contributed by atoms with E-state index in [1.807, 2.05) is 13.8 Å². The Morgan fingerprint density at radius 1 is 1.26 bits per heavy atom. The standard InChI is InChI=1S/C13H20N4O2/c1-3-10-11(4-2)16-17-13(15-10)14-9-6-5-8(7-9)12(18)19/h8-9H,3-7H2,1-2H3,(H,18,19)(H,14,15,17)/t8-,9+/m1/s1. The molecule has 2 atom stereocenters. The predicted molar refractivity (Wildman–Crippen MR) is 71.0 cm³/mol. The van der Waals surface area contributed by atoms with E-state index < -0.39 is 5.97 Å². The first kappa shape index (κ1) is 13.7. The van der Waals surface area contributed by atoms with Gasteiger partial charge in [0.1, 0.15) is 0 Å². The zero-order chi connectivity index (χ0) is 13.8. The number of anilines is 1. The van der Waals surface area contributed by atoms with Crippen LogP contribution in [0.2, 0.25) is 0 Å². The third-order valence-corrected chi connectivity index (χ3v) is 3.62. The van der Waals surface area contributed by atoms with Crippen molar-refractivity contribution < 1.29 is 9.90 Å². The molecule has 2 rings (SSSR count). The molecule has 0 saturated heterocycles. The van der Waals surface area contributed by atoms with E-state index in [9.17, 15) is 4.79 Å². The molecule has 1 aliphatic carbocycles. The summed E-state index contributed by atoms with van der Waals surface area (Å²) in [6.07, 6.45) is 3.85. The fraction of sp³-hybridized carbons (Fsp3) is 0.692. The highest BCUT2D eigenvalue weighted by molar-refractivity contribution is 5.70. The second kappa shape index (κ2) is 5.95. The van der Waals surface area contributed by atoms with E-state index in [-0.39, 0.29) is 12.0 Å². The largest absolute Gasteiger partial charge is 0.481 e. The van der Waals surface area contributed by atoms with E-state index in [1.54, 1.807) is 0 Å². The van der Waals surface area contributed by atoms with Gasteiger partial charge in [-0.1, -0.05) is 13.8 Å². The van der Waals surface area contributed by atoms with Crippen molar-refractivity contribution in [3.05, 3.63) is 11.4 Å². The third kappa shape index (κ3) is 3.19. The average molecular weight is 264 g/mol. The summed E-state index contributed by atoms with van der Waals surface area (Å²) in [5, 5.41) is 20.4. The van der Waals surface area contributed by atoms with E-state index in [0.717, 1.165) is 30.7 Å². The normalized spacial score (nSPS) is 22.4. The lowest BCUT2D eigenvalue weighted by molar-refractivity contribution is -0.141. The third-order valence-electron chi connectivity index (χ3n) is 3.62. The Morgan fingerprint density at radius 3 is 2.58 bits per heavy atom. The fourth-order valence-corrected chi connectivity index (χ4v) is 2.52. The average Bonchev–Trinajstić information content (AvgIpc) is 2.87. The summed E-state index contributed by atoms with van der Waals surface area (Å²) in [7, 11) is 0. The zero-order valence-corrected chi connectivity index (χ0v) is 11.4. The van der Waals surface area contributed by atoms with Crippen LogP contribution in [0.4, 0.5) is 5.95 Å². The Morgan fingerprint density at radius 2 is 2.00 bits per heavy atom. The van der Waals surface area contributed by atoms with Gasteiger partial charge >= 0.3 is 5.97 Å². The number of aliphatic carboxylic acids is 1. The van der Waals surface area contributed by atoms with Crippen LogP contribution in [0.15, 0.2) is 0 Å². The molecule has 1 saturated carbocycles. The maximum atomic E-state index is 10.9. The van der Waals surface area contributed by atoms with Crippen molar-refractivity contribution in [1.82, 2.24) is 15.2 Å². The minimum Gasteiger partial charge on any atom is -0.481 e. The SMILES string of the molecule is CCc1nnc(N[C@H]2CC[C@@H](C(=O)O)C2)nc1CC. The lowest BCUT2D eigenvalue weighted by Gasteiger charge is -2.13. The number of carboxylic acid groups (broad SMARTS) is 1. The Bertz CT molecular complexity index is 464. The smallest absolute Gasteiger partial charge is 0.306 e. The van der Waals surface area contributed by atoms with E-state index in [4.69, 9.17) is 5.11 Å². The minimum absolute atomic E-state index is 0.139. The van der Waals surface area contributed by atoms with Crippen LogP contribution in [0.1, 0.15) is 44.5 Å². The summed E-state index contributed by atoms with van der Waals surface area (Å²) >= 11 is 0. The quantitative estimate of drug-likeness (QED) is 0.841. The maximum absolute atomic E-state index is 10.9. The summed E-state index contributed by atoms with van der Waals surface area (Å²) in [4.78, 5) is 15.4. The summed E-state index contributed by atoms with van der Waals surface area (Å²) in [6.45, 7) is 4.08. The Labute approximate surface area is 112 Å². The number of carbonyl (C=O) groups is 1. The number of hydrogen-bond acceptors (Lipinski definition) is 5. The molecule has 1 aliphatic rings. The summed E-state index contributed by atoms with van der Waals surface area (Å²) < 4.78 is 0. The first-order valence-corrected chi connectivity index (χ1v) is 6.85. The Hall–Kier alpha value is -1.72. The minimum atomic E-state index is -0.709. The van der Waals surface area contributed by atoms with Crippen molar-refractivity contribution in [3.8, 4) is 0 Å². The van der Waals surface area contributed by atoms with Crippen molar-refractivity contribution in [2.24, 2.45) is 5.92 Å². The molecule has 1 fully saturated rings. The number of hydrogen-bond donors (Lipinski definition) is 2. The molecular formula is C13H20N4O2. The fourth-order valence-electron chi connectivity index (χ4n) is 2.52. The molecule has 6 heteroatoms. The number of aromatic nitrogens is 3. The van der Waals surface area contributed by atoms with E-state index in [1.165, 1.54) is 0 Å². The van der Waals surface area contributed by atoms with Crippen molar-refractivity contribution in [1.29, 1.82) is 0 Å². The van der Waals surface area contributed by atoms with E-state index in [2.05, 4.69) is 20.5 Å². The molecule has 2 N–H and O–H groups in total. The monoisotopic (exact) mass is 264 g/mol. The molecule has 104 valence electrons. The van der Waals surface area contributed by atoms with Gasteiger partial charge in [-0.3, -0.25) is 4.79 Å². The first-order valence-electron chi connectivity index (χ1n) is 6.85. The molecule has 1 aromatic heterocycles. The van der Waals surface area contributed by atoms with Gasteiger partial charge < -0.3 is 10.4 Å². The van der Waals surface area contributed by atoms with Crippen LogP contribution >= 0.6 is 0 Å². The number of carboxylic acids is 1. The van der Waals surface area contributed by atoms with Gasteiger partial charge in [-0.25, -0.2) is 4.98 Å². The molecule has 0 unspecified atom stereocenters. The van der Waals surface area contributed by atoms with Crippen molar-refractivity contribution in [3.63, 3.8) is 0 Å². The van der Waals surface area contributed by atoms with Gasteiger partial charge in [0, 0.05) is 6.04 Å². The van der Waals surface area contributed by atoms with Crippen LogP contribution in [0.25, 0.3) is 0 Å². The molecule has 0 bridgehead atoms. The van der Waals surface area contributed by atoms with Crippen molar-refractivity contribution >= 4 is 11.9 Å². The van der Waals surface area contributed by atoms with Crippen LogP contribution in [-0.2, 0) is 17.6 Å². The van der Waals surface area contributed by atoms with Gasteiger partial charge in [0.25, 0.3) is 0 Å². The van der Waals surface area contributed by atoms with Crippen LogP contribution < -0.4 is 5.32 Å². The molecule has 19 heavy (non-hydrogen) atoms. The maximum Gasteiger partial charge on any atom is 0.306 e. The summed E-state index contributed by atoms with van der Waals surface area (Å²) in [5.74, 6) is -0.435. The molecular weight excluding hydrogens is 244 g/mol. The van der Waals surface area contributed by atoms with Gasteiger partial charge in [0.2, 0.25) is 5.95 Å². The highest BCUT2D eigenvalue weighted by Gasteiger charge is 2.30. The van der Waals surface area contributed by atoms with Crippen LogP contribution in [-0.4, -0.2) is 32.3 Å². The Kier molecular flexibility index (Phi) is 4.29. The lowest BCUT2D eigenvalue weighted by atomic mass is 10.1. The first-order chi connectivity index (χ1) is 9.13. The number of nitrogens with zero attached hydrogens (tertiary/aromatic N) is 3. The second-order valence-electron chi connectivity index (χ2n) is 4.93. The van der Waals surface area contributed by atoms with Gasteiger partial charge in [0.15, 0.2) is 0 Å². The molecule has 0 radical (unpaired) electrons. The predicted octanol–water partition coefficient (Wildman–Crippen LogP) is 1.66. The molecule has 0 amide bonds. The Balaban J connectivity index is 2.02. The van der Waals surface area contributed by atoms with Crippen LogP contribution in [0.3, 0.4) is 0 Å². The van der Waals surface area contributed by atoms with Crippen molar-refractivity contribution in [2.45, 2.75) is 52.0 Å². The summed E-state index contributed by atoms with van der Waals surface area (Å²) in [6, 6.07) is 0.139. The number of rotatable bonds is 5. The zero-order valence-electron chi connectivity index (χ0n) is 11.4. The highest BCUT2D eigenvalue weighted by Crippen LogP contribution is 2.27. The topological polar surface area (TPSA) is 88.0 Å². The van der Waals surface area contributed by atoms with Crippen LogP contribution in [0, 0.1) is 5.92 Å². The molecule has 0 aliphatic heterocycles. The van der Waals surface area contributed by atoms with E-state index in [0.29, 0.717) is 18.8 Å². The van der Waals surface area contributed by atoms with Crippen LogP contribution in [0.5, 0.6) is 0 Å². The summed E-state index contributed by atoms with van der Waals surface area (Å²) in [5.41, 5.74) is 1.90.